The van der Waals surface area contributed by atoms with Crippen molar-refractivity contribution in [2.45, 2.75) is 18.1 Å². The minimum Gasteiger partial charge on any atom is -0.352 e. The molecule has 2 aromatic carbocycles. The molecule has 0 amide bonds. The molecule has 94 valence electrons. The summed E-state index contributed by atoms with van der Waals surface area (Å²) in [5, 5.41) is 0. The number of carbonyl (C=O) groups excluding carboxylic acids is 1. The van der Waals surface area contributed by atoms with Gasteiger partial charge in [0.1, 0.15) is 6.10 Å². The van der Waals surface area contributed by atoms with E-state index in [0.29, 0.717) is 6.42 Å². The summed E-state index contributed by atoms with van der Waals surface area (Å²) in [6, 6.07) is 15.8. The first-order chi connectivity index (χ1) is 9.21. The largest absolute Gasteiger partial charge is 0.352 e. The molecular weight excluding hydrogens is 304 g/mol. The minimum atomic E-state index is -0.627. The molecule has 0 saturated carbocycles. The van der Waals surface area contributed by atoms with Crippen molar-refractivity contribution in [1.82, 2.24) is 0 Å². The number of carbonyl (C=O) groups is 1. The van der Waals surface area contributed by atoms with Gasteiger partial charge >= 0.3 is 0 Å². The molecule has 19 heavy (non-hydrogen) atoms. The quantitative estimate of drug-likeness (QED) is 0.751. The van der Waals surface area contributed by atoms with Crippen LogP contribution in [0.25, 0.3) is 0 Å². The van der Waals surface area contributed by atoms with Gasteiger partial charge in [0, 0.05) is 16.5 Å². The van der Waals surface area contributed by atoms with E-state index in [-0.39, 0.29) is 11.9 Å². The first-order valence-electron chi connectivity index (χ1n) is 6.27. The summed E-state index contributed by atoms with van der Waals surface area (Å²) in [7, 11) is 0. The van der Waals surface area contributed by atoms with Gasteiger partial charge in [-0.1, -0.05) is 52.3 Å². The number of hydrogen-bond acceptors (Lipinski definition) is 2. The summed E-state index contributed by atoms with van der Waals surface area (Å²) in [4.78, 5) is 12.5. The van der Waals surface area contributed by atoms with Crippen molar-refractivity contribution in [3.8, 4) is 0 Å². The number of Topliss-reactive ketones (excluding diaryl/α,β-unsaturated/α-hetero) is 1. The summed E-state index contributed by atoms with van der Waals surface area (Å²) in [6.45, 7) is 0. The van der Waals surface area contributed by atoms with E-state index in [4.69, 9.17) is 4.74 Å². The van der Waals surface area contributed by atoms with E-state index in [2.05, 4.69) is 15.9 Å². The van der Waals surface area contributed by atoms with Gasteiger partial charge in [-0.3, -0.25) is 4.79 Å². The summed E-state index contributed by atoms with van der Waals surface area (Å²) in [5.74, 6) is 0.135. The second-order valence-electron chi connectivity index (χ2n) is 5.10. The van der Waals surface area contributed by atoms with Gasteiger partial charge in [0.15, 0.2) is 11.4 Å². The van der Waals surface area contributed by atoms with Crippen LogP contribution in [0.4, 0.5) is 0 Å². The Balaban J connectivity index is 1.70. The van der Waals surface area contributed by atoms with Crippen LogP contribution in [0.15, 0.2) is 53.0 Å². The molecule has 2 atom stereocenters. The molecule has 1 saturated heterocycles. The highest BCUT2D eigenvalue weighted by Crippen LogP contribution is 2.56. The van der Waals surface area contributed by atoms with Crippen molar-refractivity contribution in [3.05, 3.63) is 69.7 Å². The highest BCUT2D eigenvalue weighted by atomic mass is 79.9. The first kappa shape index (κ1) is 11.4. The van der Waals surface area contributed by atoms with E-state index in [1.807, 2.05) is 48.5 Å². The van der Waals surface area contributed by atoms with E-state index >= 15 is 0 Å². The van der Waals surface area contributed by atoms with Crippen LogP contribution in [0, 0.1) is 0 Å². The summed E-state index contributed by atoms with van der Waals surface area (Å²) < 4.78 is 6.86. The standard InChI is InChI=1S/C16H11BrO2/c17-12-7-5-10(6-8-12)15-16(19-15)9-11-3-1-2-4-13(11)14(16)18/h1-8,15H,9H2/t15-,16+/m0/s1. The maximum atomic E-state index is 12.5. The van der Waals surface area contributed by atoms with Gasteiger partial charge in [0.2, 0.25) is 0 Å². The Morgan fingerprint density at radius 2 is 1.84 bits per heavy atom. The lowest BCUT2D eigenvalue weighted by molar-refractivity contribution is 0.0894. The molecule has 1 spiro atoms. The number of epoxide rings is 1. The molecule has 2 aliphatic rings. The molecule has 3 heteroatoms. The monoisotopic (exact) mass is 314 g/mol. The van der Waals surface area contributed by atoms with Crippen molar-refractivity contribution in [2.24, 2.45) is 0 Å². The fourth-order valence-electron chi connectivity index (χ4n) is 2.95. The smallest absolute Gasteiger partial charge is 0.198 e. The third kappa shape index (κ3) is 1.55. The lowest BCUT2D eigenvalue weighted by Gasteiger charge is -2.01. The van der Waals surface area contributed by atoms with Gasteiger partial charge in [-0.15, -0.1) is 0 Å². The van der Waals surface area contributed by atoms with Gasteiger partial charge in [-0.05, 0) is 23.3 Å². The van der Waals surface area contributed by atoms with E-state index in [1.165, 1.54) is 0 Å². The third-order valence-corrected chi connectivity index (χ3v) is 4.50. The number of benzene rings is 2. The lowest BCUT2D eigenvalue weighted by atomic mass is 9.96. The Hall–Kier alpha value is -1.45. The van der Waals surface area contributed by atoms with Gasteiger partial charge in [0.25, 0.3) is 0 Å². The zero-order chi connectivity index (χ0) is 13.0. The first-order valence-corrected chi connectivity index (χ1v) is 7.06. The zero-order valence-electron chi connectivity index (χ0n) is 10.1. The highest BCUT2D eigenvalue weighted by Gasteiger charge is 2.65. The van der Waals surface area contributed by atoms with Crippen molar-refractivity contribution in [1.29, 1.82) is 0 Å². The number of ketones is 1. The predicted molar refractivity (Wildman–Crippen MR) is 75.2 cm³/mol. The molecule has 1 aliphatic heterocycles. The maximum absolute atomic E-state index is 12.5. The molecule has 1 aliphatic carbocycles. The van der Waals surface area contributed by atoms with E-state index in [9.17, 15) is 4.79 Å². The van der Waals surface area contributed by atoms with Crippen LogP contribution >= 0.6 is 15.9 Å². The number of ether oxygens (including phenoxy) is 1. The van der Waals surface area contributed by atoms with Crippen molar-refractivity contribution >= 4 is 21.7 Å². The molecule has 4 rings (SSSR count). The molecule has 1 heterocycles. The SMILES string of the molecule is O=C1c2ccccc2C[C@@]12O[C@H]2c1ccc(Br)cc1. The molecule has 0 aromatic heterocycles. The van der Waals surface area contributed by atoms with Crippen LogP contribution < -0.4 is 0 Å². The Kier molecular flexibility index (Phi) is 2.26. The van der Waals surface area contributed by atoms with Crippen LogP contribution in [0.2, 0.25) is 0 Å². The topological polar surface area (TPSA) is 29.6 Å². The molecule has 0 N–H and O–H groups in total. The van der Waals surface area contributed by atoms with Crippen LogP contribution in [-0.2, 0) is 11.2 Å². The fourth-order valence-corrected chi connectivity index (χ4v) is 3.21. The van der Waals surface area contributed by atoms with Gasteiger partial charge in [-0.25, -0.2) is 0 Å². The summed E-state index contributed by atoms with van der Waals surface area (Å²) in [5.41, 5.74) is 2.37. The van der Waals surface area contributed by atoms with Crippen molar-refractivity contribution in [2.75, 3.05) is 0 Å². The minimum absolute atomic E-state index is 0.0968. The predicted octanol–water partition coefficient (Wildman–Crippen LogP) is 3.70. The molecule has 0 unspecified atom stereocenters. The van der Waals surface area contributed by atoms with Gasteiger partial charge in [-0.2, -0.15) is 0 Å². The maximum Gasteiger partial charge on any atom is 0.198 e. The van der Waals surface area contributed by atoms with E-state index in [1.54, 1.807) is 0 Å². The number of halogens is 1. The molecule has 2 nitrogen and oxygen atoms in total. The number of rotatable bonds is 1. The highest BCUT2D eigenvalue weighted by molar-refractivity contribution is 9.10. The fraction of sp³-hybridized carbons (Fsp3) is 0.188. The van der Waals surface area contributed by atoms with Crippen molar-refractivity contribution < 1.29 is 9.53 Å². The van der Waals surface area contributed by atoms with Crippen LogP contribution in [0.1, 0.15) is 27.6 Å². The molecule has 1 fully saturated rings. The Morgan fingerprint density at radius 1 is 1.11 bits per heavy atom. The second kappa shape index (κ2) is 3.78. The van der Waals surface area contributed by atoms with E-state index in [0.717, 1.165) is 21.2 Å². The summed E-state index contributed by atoms with van der Waals surface area (Å²) in [6.07, 6.45) is 0.600. The Bertz CT molecular complexity index is 677. The van der Waals surface area contributed by atoms with Crippen LogP contribution in [-0.4, -0.2) is 11.4 Å². The number of hydrogen-bond donors (Lipinski definition) is 0. The average molecular weight is 315 g/mol. The average Bonchev–Trinajstić information content (AvgIpc) is 3.07. The molecule has 0 bridgehead atoms. The lowest BCUT2D eigenvalue weighted by Crippen LogP contribution is -2.20. The van der Waals surface area contributed by atoms with Gasteiger partial charge in [0.05, 0.1) is 0 Å². The van der Waals surface area contributed by atoms with Crippen LogP contribution in [0.5, 0.6) is 0 Å². The molecular formula is C16H11BrO2. The Morgan fingerprint density at radius 3 is 2.58 bits per heavy atom. The summed E-state index contributed by atoms with van der Waals surface area (Å²) >= 11 is 3.42. The molecule has 2 aromatic rings. The van der Waals surface area contributed by atoms with E-state index < -0.39 is 5.60 Å². The molecule has 0 radical (unpaired) electrons. The second-order valence-corrected chi connectivity index (χ2v) is 6.02. The Labute approximate surface area is 119 Å². The normalized spacial score (nSPS) is 27.6. The van der Waals surface area contributed by atoms with Gasteiger partial charge < -0.3 is 4.74 Å². The van der Waals surface area contributed by atoms with Crippen LogP contribution in [0.3, 0.4) is 0 Å². The zero-order valence-corrected chi connectivity index (χ0v) is 11.7. The third-order valence-electron chi connectivity index (χ3n) is 3.97. The van der Waals surface area contributed by atoms with Crippen molar-refractivity contribution in [3.63, 3.8) is 0 Å². The number of fused-ring (bicyclic) bond motifs is 1.